The number of carbonyl (C=O) groups is 1. The molecule has 0 bridgehead atoms. The number of aromatic nitrogens is 3. The third kappa shape index (κ3) is 2.66. The summed E-state index contributed by atoms with van der Waals surface area (Å²) in [6, 6.07) is 5.13. The summed E-state index contributed by atoms with van der Waals surface area (Å²) in [5.41, 5.74) is -0.318. The molecule has 0 saturated carbocycles. The molecule has 0 saturated heterocycles. The minimum Gasteiger partial charge on any atom is -0.461 e. The van der Waals surface area contributed by atoms with Crippen molar-refractivity contribution >= 4 is 40.8 Å². The zero-order valence-corrected chi connectivity index (χ0v) is 13.6. The summed E-state index contributed by atoms with van der Waals surface area (Å²) in [6.45, 7) is 2.60. The smallest absolute Gasteiger partial charge is 0.364 e. The first-order valence-corrected chi connectivity index (χ1v) is 7.66. The molecule has 1 aliphatic heterocycles. The highest BCUT2D eigenvalue weighted by molar-refractivity contribution is 6.39. The highest BCUT2D eigenvalue weighted by Crippen LogP contribution is 2.38. The second kappa shape index (κ2) is 6.17. The van der Waals surface area contributed by atoms with E-state index in [1.165, 1.54) is 4.57 Å². The minimum atomic E-state index is -0.783. The zero-order valence-electron chi connectivity index (χ0n) is 12.1. The number of fused-ring (bicyclic) bond motifs is 1. The number of nitrogens with zero attached hydrogens (tertiary/aromatic N) is 4. The van der Waals surface area contributed by atoms with E-state index in [2.05, 4.69) is 10.2 Å². The highest BCUT2D eigenvalue weighted by atomic mass is 35.5. The molecule has 9 heteroatoms. The van der Waals surface area contributed by atoms with Gasteiger partial charge in [0, 0.05) is 13.1 Å². The fourth-order valence-corrected chi connectivity index (χ4v) is 3.00. The quantitative estimate of drug-likeness (QED) is 0.786. The van der Waals surface area contributed by atoms with Gasteiger partial charge >= 0.3 is 5.97 Å². The van der Waals surface area contributed by atoms with Gasteiger partial charge in [0.05, 0.1) is 22.3 Å². The lowest BCUT2D eigenvalue weighted by molar-refractivity contribution is 0.0515. The number of anilines is 2. The number of ether oxygens (including phenoxy) is 1. The van der Waals surface area contributed by atoms with E-state index >= 15 is 0 Å². The van der Waals surface area contributed by atoms with Crippen LogP contribution in [0.2, 0.25) is 10.0 Å². The van der Waals surface area contributed by atoms with Gasteiger partial charge in [-0.1, -0.05) is 29.3 Å². The summed E-state index contributed by atoms with van der Waals surface area (Å²) >= 11 is 12.4. The first kappa shape index (κ1) is 15.8. The summed E-state index contributed by atoms with van der Waals surface area (Å²) in [5, 5.41) is 8.58. The SMILES string of the molecule is CCOC(=O)c1nnc2n(c1=O)CCN2c1c(Cl)cccc1Cl. The number of rotatable bonds is 3. The molecule has 23 heavy (non-hydrogen) atoms. The van der Waals surface area contributed by atoms with E-state index in [4.69, 9.17) is 27.9 Å². The highest BCUT2D eigenvalue weighted by Gasteiger charge is 2.29. The van der Waals surface area contributed by atoms with Crippen LogP contribution in [0.15, 0.2) is 23.0 Å². The molecule has 0 unspecified atom stereocenters. The van der Waals surface area contributed by atoms with Crippen molar-refractivity contribution in [2.45, 2.75) is 13.5 Å². The molecule has 0 aliphatic carbocycles. The van der Waals surface area contributed by atoms with Gasteiger partial charge in [0.15, 0.2) is 0 Å². The van der Waals surface area contributed by atoms with Gasteiger partial charge in [-0.25, -0.2) is 4.79 Å². The molecular formula is C14H12Cl2N4O3. The number of hydrogen-bond donors (Lipinski definition) is 0. The minimum absolute atomic E-state index is 0.156. The lowest BCUT2D eigenvalue weighted by Gasteiger charge is -2.19. The number of carbonyl (C=O) groups excluding carboxylic acids is 1. The summed E-state index contributed by atoms with van der Waals surface area (Å²) in [6.07, 6.45) is 0. The van der Waals surface area contributed by atoms with Gasteiger partial charge in [-0.2, -0.15) is 0 Å². The Balaban J connectivity index is 2.07. The Morgan fingerprint density at radius 2 is 1.96 bits per heavy atom. The van der Waals surface area contributed by atoms with E-state index in [0.29, 0.717) is 28.8 Å². The molecule has 7 nitrogen and oxygen atoms in total. The molecule has 2 heterocycles. The van der Waals surface area contributed by atoms with Gasteiger partial charge in [-0.05, 0) is 19.1 Å². The Morgan fingerprint density at radius 1 is 1.26 bits per heavy atom. The van der Waals surface area contributed by atoms with Gasteiger partial charge < -0.3 is 9.64 Å². The molecule has 120 valence electrons. The van der Waals surface area contributed by atoms with Crippen molar-refractivity contribution in [1.82, 2.24) is 14.8 Å². The predicted octanol–water partition coefficient (Wildman–Crippen LogP) is 2.27. The molecule has 1 aromatic carbocycles. The van der Waals surface area contributed by atoms with Crippen molar-refractivity contribution in [3.63, 3.8) is 0 Å². The summed E-state index contributed by atoms with van der Waals surface area (Å²) in [4.78, 5) is 25.8. The third-order valence-corrected chi connectivity index (χ3v) is 4.00. The average molecular weight is 355 g/mol. The Bertz CT molecular complexity index is 817. The summed E-state index contributed by atoms with van der Waals surface area (Å²) in [7, 11) is 0. The summed E-state index contributed by atoms with van der Waals surface area (Å²) < 4.78 is 6.17. The Hall–Kier alpha value is -2.12. The van der Waals surface area contributed by atoms with Crippen molar-refractivity contribution in [2.75, 3.05) is 18.1 Å². The maximum absolute atomic E-state index is 12.4. The molecule has 2 aromatic rings. The molecule has 0 atom stereocenters. The van der Waals surface area contributed by atoms with E-state index in [1.54, 1.807) is 30.0 Å². The monoisotopic (exact) mass is 354 g/mol. The van der Waals surface area contributed by atoms with E-state index < -0.39 is 11.5 Å². The largest absolute Gasteiger partial charge is 0.461 e. The lowest BCUT2D eigenvalue weighted by atomic mass is 10.3. The second-order valence-corrected chi connectivity index (χ2v) is 5.56. The van der Waals surface area contributed by atoms with Gasteiger partial charge in [0.25, 0.3) is 5.56 Å². The third-order valence-electron chi connectivity index (χ3n) is 3.39. The molecular weight excluding hydrogens is 343 g/mol. The topological polar surface area (TPSA) is 77.3 Å². The fraction of sp³-hybridized carbons (Fsp3) is 0.286. The van der Waals surface area contributed by atoms with E-state index in [-0.39, 0.29) is 18.2 Å². The van der Waals surface area contributed by atoms with Crippen molar-refractivity contribution in [1.29, 1.82) is 0 Å². The Morgan fingerprint density at radius 3 is 2.61 bits per heavy atom. The van der Waals surface area contributed by atoms with Gasteiger partial charge in [0.2, 0.25) is 11.6 Å². The van der Waals surface area contributed by atoms with Crippen LogP contribution >= 0.6 is 23.2 Å². The normalized spacial score (nSPS) is 13.1. The number of benzene rings is 1. The summed E-state index contributed by atoms with van der Waals surface area (Å²) in [5.74, 6) is -0.493. The van der Waals surface area contributed by atoms with Crippen LogP contribution in [0.5, 0.6) is 0 Å². The first-order chi connectivity index (χ1) is 11.0. The van der Waals surface area contributed by atoms with Crippen LogP contribution < -0.4 is 10.5 Å². The Kier molecular flexibility index (Phi) is 4.23. The van der Waals surface area contributed by atoms with Crippen molar-refractivity contribution in [3.05, 3.63) is 44.3 Å². The number of para-hydroxylation sites is 1. The number of halogens is 2. The lowest BCUT2D eigenvalue weighted by Crippen LogP contribution is -2.29. The molecule has 1 aliphatic rings. The molecule has 0 spiro atoms. The van der Waals surface area contributed by atoms with Crippen molar-refractivity contribution in [2.24, 2.45) is 0 Å². The van der Waals surface area contributed by atoms with Crippen LogP contribution in [-0.4, -0.2) is 33.9 Å². The fourth-order valence-electron chi connectivity index (χ4n) is 2.40. The van der Waals surface area contributed by atoms with Crippen LogP contribution in [0, 0.1) is 0 Å². The molecule has 0 fully saturated rings. The molecule has 0 amide bonds. The number of hydrogen-bond acceptors (Lipinski definition) is 6. The maximum atomic E-state index is 12.4. The Labute approximate surface area is 141 Å². The van der Waals surface area contributed by atoms with E-state index in [0.717, 1.165) is 0 Å². The predicted molar refractivity (Wildman–Crippen MR) is 85.7 cm³/mol. The first-order valence-electron chi connectivity index (χ1n) is 6.90. The van der Waals surface area contributed by atoms with Crippen LogP contribution in [-0.2, 0) is 11.3 Å². The van der Waals surface area contributed by atoms with Gasteiger partial charge in [-0.15, -0.1) is 10.2 Å². The zero-order chi connectivity index (χ0) is 16.6. The van der Waals surface area contributed by atoms with Gasteiger partial charge in [-0.3, -0.25) is 9.36 Å². The van der Waals surface area contributed by atoms with Crippen molar-refractivity contribution < 1.29 is 9.53 Å². The average Bonchev–Trinajstić information content (AvgIpc) is 2.92. The van der Waals surface area contributed by atoms with Crippen LogP contribution in [0.4, 0.5) is 11.6 Å². The molecule has 1 aromatic heterocycles. The maximum Gasteiger partial charge on any atom is 0.364 e. The van der Waals surface area contributed by atoms with Gasteiger partial charge in [0.1, 0.15) is 0 Å². The van der Waals surface area contributed by atoms with Crippen molar-refractivity contribution in [3.8, 4) is 0 Å². The van der Waals surface area contributed by atoms with Crippen LogP contribution in [0.25, 0.3) is 0 Å². The molecule has 3 rings (SSSR count). The molecule has 0 radical (unpaired) electrons. The van der Waals surface area contributed by atoms with E-state index in [1.807, 2.05) is 0 Å². The van der Waals surface area contributed by atoms with Crippen LogP contribution in [0.3, 0.4) is 0 Å². The standard InChI is InChI=1S/C14H12Cl2N4O3/c1-2-23-13(22)10-12(21)20-7-6-19(14(20)18-17-10)11-8(15)4-3-5-9(11)16/h3-5H,2,6-7H2,1H3. The van der Waals surface area contributed by atoms with E-state index in [9.17, 15) is 9.59 Å². The molecule has 0 N–H and O–H groups in total. The van der Waals surface area contributed by atoms with Crippen LogP contribution in [0.1, 0.15) is 17.4 Å². The number of esters is 1. The second-order valence-electron chi connectivity index (χ2n) is 4.75.